The molecule has 0 radical (unpaired) electrons. The molecule has 0 aliphatic carbocycles. The van der Waals surface area contributed by atoms with E-state index in [4.69, 9.17) is 14.2 Å². The summed E-state index contributed by atoms with van der Waals surface area (Å²) in [6, 6.07) is -1.98. The zero-order valence-electron chi connectivity index (χ0n) is 29.4. The van der Waals surface area contributed by atoms with Crippen LogP contribution in [0.3, 0.4) is 0 Å². The summed E-state index contributed by atoms with van der Waals surface area (Å²) in [6.45, 7) is 16.6. The first-order valence-electron chi connectivity index (χ1n) is 16.0. The predicted octanol–water partition coefficient (Wildman–Crippen LogP) is 4.09. The molecule has 2 unspecified atom stereocenters. The Bertz CT molecular complexity index is 918. The summed E-state index contributed by atoms with van der Waals surface area (Å²) in [7, 11) is 2.79. The van der Waals surface area contributed by atoms with E-state index in [1.807, 2.05) is 27.7 Å². The average Bonchev–Trinajstić information content (AvgIpc) is 2.88. The van der Waals surface area contributed by atoms with Crippen LogP contribution in [0.15, 0.2) is 0 Å². The summed E-state index contributed by atoms with van der Waals surface area (Å²) in [5, 5.41) is 8.12. The number of ether oxygens (including phenoxy) is 3. The topological polar surface area (TPSA) is 135 Å². The zero-order chi connectivity index (χ0) is 35.0. The van der Waals surface area contributed by atoms with Gasteiger partial charge in [0.25, 0.3) is 5.92 Å². The molecule has 3 N–H and O–H groups in total. The Morgan fingerprint density at radius 3 is 2.00 bits per heavy atom. The van der Waals surface area contributed by atoms with Crippen LogP contribution in [0, 0.1) is 23.7 Å². The number of alkyl halides is 2. The van der Waals surface area contributed by atoms with Crippen molar-refractivity contribution in [2.45, 2.75) is 118 Å². The van der Waals surface area contributed by atoms with E-state index in [2.05, 4.69) is 16.0 Å². The number of hydrogen-bond acceptors (Lipinski definition) is 7. The zero-order valence-corrected chi connectivity index (χ0v) is 29.4. The van der Waals surface area contributed by atoms with Crippen molar-refractivity contribution in [1.82, 2.24) is 20.9 Å². The van der Waals surface area contributed by atoms with Crippen LogP contribution in [-0.4, -0.2) is 93.0 Å². The van der Waals surface area contributed by atoms with Crippen LogP contribution in [0.1, 0.15) is 94.4 Å². The highest BCUT2D eigenvalue weighted by atomic mass is 19.3. The van der Waals surface area contributed by atoms with E-state index in [0.717, 1.165) is 11.3 Å². The number of likely N-dealkylation sites (N-methyl/N-ethyl adjacent to an activating group) is 1. The molecule has 3 atom stereocenters. The number of nitrogens with zero attached hydrogens (tertiary/aromatic N) is 1. The van der Waals surface area contributed by atoms with Crippen LogP contribution in [0.2, 0.25) is 0 Å². The normalized spacial score (nSPS) is 14.8. The Balaban J connectivity index is 6.12. The summed E-state index contributed by atoms with van der Waals surface area (Å²) in [4.78, 5) is 52.7. The minimum Gasteiger partial charge on any atom is -0.382 e. The Labute approximate surface area is 269 Å². The highest BCUT2D eigenvalue weighted by molar-refractivity contribution is 5.88. The second-order valence-electron chi connectivity index (χ2n) is 13.5. The van der Waals surface area contributed by atoms with E-state index >= 15 is 8.78 Å². The quantitative estimate of drug-likeness (QED) is 0.112. The first kappa shape index (κ1) is 42.6. The highest BCUT2D eigenvalue weighted by Crippen LogP contribution is 2.35. The number of nitrogens with one attached hydrogen (secondary N) is 3. The van der Waals surface area contributed by atoms with Crippen molar-refractivity contribution in [2.75, 3.05) is 40.7 Å². The van der Waals surface area contributed by atoms with Gasteiger partial charge in [-0.05, 0) is 43.4 Å². The van der Waals surface area contributed by atoms with E-state index in [9.17, 15) is 19.2 Å². The lowest BCUT2D eigenvalue weighted by molar-refractivity contribution is -0.201. The van der Waals surface area contributed by atoms with Gasteiger partial charge in [0.2, 0.25) is 23.6 Å². The number of amides is 4. The number of hydrogen-bond donors (Lipinski definition) is 3. The summed E-state index contributed by atoms with van der Waals surface area (Å²) >= 11 is 0. The maximum absolute atomic E-state index is 15.8. The maximum atomic E-state index is 15.8. The molecule has 0 aliphatic rings. The fourth-order valence-electron chi connectivity index (χ4n) is 4.62. The first-order valence-corrected chi connectivity index (χ1v) is 16.0. The first-order chi connectivity index (χ1) is 20.8. The Morgan fingerprint density at radius 1 is 0.867 bits per heavy atom. The molecular formula is C32H60F2N4O7. The van der Waals surface area contributed by atoms with Gasteiger partial charge in [0.15, 0.2) is 0 Å². The summed E-state index contributed by atoms with van der Waals surface area (Å²) in [5.41, 5.74) is -1.95. The van der Waals surface area contributed by atoms with Crippen LogP contribution in [0.25, 0.3) is 0 Å². The number of methoxy groups -OCH3 is 1. The largest absolute Gasteiger partial charge is 0.382 e. The van der Waals surface area contributed by atoms with Crippen molar-refractivity contribution in [3.63, 3.8) is 0 Å². The van der Waals surface area contributed by atoms with Crippen molar-refractivity contribution in [3.8, 4) is 0 Å². The lowest BCUT2D eigenvalue weighted by Crippen LogP contribution is -2.60. The SMILES string of the molecule is COCCOCOC(CC(C)C)(CC(F)(F)CC(=O)N(C)C(C)C(=O)NCCC(C)C)NC(=O)[C@@H](NC(=O)CC(C)C)C(C)C. The van der Waals surface area contributed by atoms with Gasteiger partial charge in [0.05, 0.1) is 26.1 Å². The number of halogens is 2. The van der Waals surface area contributed by atoms with Crippen LogP contribution >= 0.6 is 0 Å². The number of carbonyl (C=O) groups is 4. The molecule has 13 heteroatoms. The van der Waals surface area contributed by atoms with Gasteiger partial charge >= 0.3 is 0 Å². The third-order valence-electron chi connectivity index (χ3n) is 7.13. The molecule has 0 aromatic rings. The number of rotatable bonds is 23. The molecule has 0 rings (SSSR count). The Kier molecular flexibility index (Phi) is 19.6. The van der Waals surface area contributed by atoms with Crippen LogP contribution in [0.4, 0.5) is 8.78 Å². The van der Waals surface area contributed by atoms with Gasteiger partial charge in [0, 0.05) is 27.1 Å². The van der Waals surface area contributed by atoms with Crippen LogP contribution in [-0.2, 0) is 33.4 Å². The van der Waals surface area contributed by atoms with Crippen LogP contribution < -0.4 is 16.0 Å². The molecule has 4 amide bonds. The molecule has 0 saturated heterocycles. The molecule has 45 heavy (non-hydrogen) atoms. The van der Waals surface area contributed by atoms with Gasteiger partial charge in [0.1, 0.15) is 24.6 Å². The monoisotopic (exact) mass is 650 g/mol. The summed E-state index contributed by atoms with van der Waals surface area (Å²) < 4.78 is 47.9. The van der Waals surface area contributed by atoms with Crippen molar-refractivity contribution in [3.05, 3.63) is 0 Å². The maximum Gasteiger partial charge on any atom is 0.261 e. The fourth-order valence-corrected chi connectivity index (χ4v) is 4.62. The van der Waals surface area contributed by atoms with Gasteiger partial charge in [-0.25, -0.2) is 8.78 Å². The third kappa shape index (κ3) is 17.8. The minimum absolute atomic E-state index is 0.0363. The number of carbonyl (C=O) groups excluding carboxylic acids is 4. The van der Waals surface area contributed by atoms with E-state index in [-0.39, 0.29) is 49.7 Å². The van der Waals surface area contributed by atoms with E-state index < -0.39 is 61.1 Å². The average molecular weight is 651 g/mol. The van der Waals surface area contributed by atoms with Gasteiger partial charge in [-0.1, -0.05) is 55.4 Å². The molecule has 0 aliphatic heterocycles. The van der Waals surface area contributed by atoms with Gasteiger partial charge in [-0.15, -0.1) is 0 Å². The second-order valence-corrected chi connectivity index (χ2v) is 13.5. The van der Waals surface area contributed by atoms with Crippen molar-refractivity contribution in [2.24, 2.45) is 23.7 Å². The van der Waals surface area contributed by atoms with E-state index in [1.165, 1.54) is 21.1 Å². The molecule has 0 heterocycles. The molecule has 0 fully saturated rings. The smallest absolute Gasteiger partial charge is 0.261 e. The van der Waals surface area contributed by atoms with Gasteiger partial charge < -0.3 is 35.1 Å². The fraction of sp³-hybridized carbons (Fsp3) is 0.875. The van der Waals surface area contributed by atoms with Crippen molar-refractivity contribution < 1.29 is 42.2 Å². The van der Waals surface area contributed by atoms with Crippen molar-refractivity contribution in [1.29, 1.82) is 0 Å². The molecule has 0 spiro atoms. The molecule has 0 saturated carbocycles. The second kappa shape index (κ2) is 20.7. The lowest BCUT2D eigenvalue weighted by Gasteiger charge is -2.40. The molecule has 0 bridgehead atoms. The van der Waals surface area contributed by atoms with E-state index in [1.54, 1.807) is 27.7 Å². The molecule has 264 valence electrons. The highest BCUT2D eigenvalue weighted by Gasteiger charge is 2.47. The Hall–Kier alpha value is -2.38. The molecule has 11 nitrogen and oxygen atoms in total. The van der Waals surface area contributed by atoms with Crippen LogP contribution in [0.5, 0.6) is 0 Å². The minimum atomic E-state index is -3.65. The standard InChI is InChI=1S/C32H60F2N4O7/c1-21(2)12-13-35-29(41)25(9)38(10)27(40)18-31(33,34)19-32(17-23(5)6,45-20-44-15-14-43-11)37-30(42)28(24(7)8)36-26(39)16-22(3)4/h21-25,28H,12-20H2,1-11H3,(H,35,41)(H,36,39)(H,37,42)/t25?,28-,32?/m0/s1. The van der Waals surface area contributed by atoms with E-state index in [0.29, 0.717) is 12.5 Å². The van der Waals surface area contributed by atoms with Gasteiger partial charge in [-0.3, -0.25) is 19.2 Å². The molecule has 0 aromatic carbocycles. The third-order valence-corrected chi connectivity index (χ3v) is 7.13. The molecule has 0 aromatic heterocycles. The lowest BCUT2D eigenvalue weighted by atomic mass is 9.91. The van der Waals surface area contributed by atoms with Gasteiger partial charge in [-0.2, -0.15) is 0 Å². The van der Waals surface area contributed by atoms with Crippen molar-refractivity contribution >= 4 is 23.6 Å². The molecular weight excluding hydrogens is 590 g/mol. The summed E-state index contributed by atoms with van der Waals surface area (Å²) in [5.74, 6) is -6.21. The summed E-state index contributed by atoms with van der Waals surface area (Å²) in [6.07, 6.45) is -1.36. The predicted molar refractivity (Wildman–Crippen MR) is 169 cm³/mol. The Morgan fingerprint density at radius 2 is 1.49 bits per heavy atom.